The number of hydrogen-bond donors (Lipinski definition) is 1. The highest BCUT2D eigenvalue weighted by molar-refractivity contribution is 5.38. The van der Waals surface area contributed by atoms with Crippen molar-refractivity contribution in [2.24, 2.45) is 0 Å². The lowest BCUT2D eigenvalue weighted by Gasteiger charge is -2.14. The first kappa shape index (κ1) is 16.0. The summed E-state index contributed by atoms with van der Waals surface area (Å²) >= 11 is 0. The second kappa shape index (κ2) is 8.14. The Hall–Kier alpha value is -1.40. The van der Waals surface area contributed by atoms with E-state index in [2.05, 4.69) is 41.2 Å². The van der Waals surface area contributed by atoms with Gasteiger partial charge in [-0.15, -0.1) is 0 Å². The highest BCUT2D eigenvalue weighted by atomic mass is 16.5. The largest absolute Gasteiger partial charge is 0.478 e. The number of nitrogens with zero attached hydrogens (tertiary/aromatic N) is 3. The highest BCUT2D eigenvalue weighted by Crippen LogP contribution is 2.28. The van der Waals surface area contributed by atoms with E-state index in [-0.39, 0.29) is 6.10 Å². The van der Waals surface area contributed by atoms with Gasteiger partial charge >= 0.3 is 0 Å². The van der Waals surface area contributed by atoms with Gasteiger partial charge in [0.1, 0.15) is 11.9 Å². The average molecular weight is 294 g/mol. The van der Waals surface area contributed by atoms with Crippen molar-refractivity contribution in [2.75, 3.05) is 45.7 Å². The van der Waals surface area contributed by atoms with Crippen molar-refractivity contribution in [3.63, 3.8) is 0 Å². The summed E-state index contributed by atoms with van der Waals surface area (Å²) in [6, 6.07) is 1.86. The Bertz CT molecular complexity index is 434. The van der Waals surface area contributed by atoms with Gasteiger partial charge in [0.05, 0.1) is 6.61 Å². The van der Waals surface area contributed by atoms with Crippen molar-refractivity contribution in [2.45, 2.75) is 32.3 Å². The van der Waals surface area contributed by atoms with Crippen molar-refractivity contribution in [1.29, 1.82) is 0 Å². The molecule has 0 spiro atoms. The molecule has 0 saturated carbocycles. The lowest BCUT2D eigenvalue weighted by molar-refractivity contribution is 0.104. The molecule has 1 fully saturated rings. The second-order valence-electron chi connectivity index (χ2n) is 5.53. The predicted molar refractivity (Wildman–Crippen MR) is 82.8 cm³/mol. The third-order valence-corrected chi connectivity index (χ3v) is 3.26. The van der Waals surface area contributed by atoms with Crippen molar-refractivity contribution in [1.82, 2.24) is 14.9 Å². The highest BCUT2D eigenvalue weighted by Gasteiger charge is 2.22. The van der Waals surface area contributed by atoms with Crippen LogP contribution in [-0.4, -0.2) is 55.3 Å². The standard InChI is InChI=1S/C15H26N4O2/c1-4-9-21-14-11-13(16-7-8-19(2)3)17-15(18-14)12-6-5-10-20-12/h11-12H,4-10H2,1-3H3,(H,16,17,18). The molecule has 6 nitrogen and oxygen atoms in total. The van der Waals surface area contributed by atoms with Crippen LogP contribution in [0.5, 0.6) is 5.88 Å². The van der Waals surface area contributed by atoms with Crippen LogP contribution in [0.2, 0.25) is 0 Å². The molecule has 2 heterocycles. The fourth-order valence-corrected chi connectivity index (χ4v) is 2.15. The van der Waals surface area contributed by atoms with Gasteiger partial charge in [0, 0.05) is 25.8 Å². The summed E-state index contributed by atoms with van der Waals surface area (Å²) in [4.78, 5) is 11.2. The van der Waals surface area contributed by atoms with Gasteiger partial charge in [-0.25, -0.2) is 4.98 Å². The Labute approximate surface area is 126 Å². The fraction of sp³-hybridized carbons (Fsp3) is 0.733. The molecule has 6 heteroatoms. The van der Waals surface area contributed by atoms with Crippen LogP contribution in [-0.2, 0) is 4.74 Å². The zero-order chi connectivity index (χ0) is 15.1. The summed E-state index contributed by atoms with van der Waals surface area (Å²) in [5.74, 6) is 2.17. The van der Waals surface area contributed by atoms with E-state index >= 15 is 0 Å². The van der Waals surface area contributed by atoms with E-state index in [1.54, 1.807) is 0 Å². The summed E-state index contributed by atoms with van der Waals surface area (Å²) in [5, 5.41) is 3.33. The third kappa shape index (κ3) is 5.13. The van der Waals surface area contributed by atoms with E-state index in [9.17, 15) is 0 Å². The van der Waals surface area contributed by atoms with Gasteiger partial charge < -0.3 is 19.7 Å². The van der Waals surface area contributed by atoms with Gasteiger partial charge in [-0.2, -0.15) is 4.98 Å². The molecule has 1 saturated heterocycles. The predicted octanol–water partition coefficient (Wildman–Crippen LogP) is 2.09. The molecule has 1 aromatic heterocycles. The molecule has 1 aliphatic rings. The van der Waals surface area contributed by atoms with Crippen molar-refractivity contribution in [3.05, 3.63) is 11.9 Å². The number of hydrogen-bond acceptors (Lipinski definition) is 6. The number of anilines is 1. The van der Waals surface area contributed by atoms with Crippen molar-refractivity contribution >= 4 is 5.82 Å². The summed E-state index contributed by atoms with van der Waals surface area (Å²) in [5.41, 5.74) is 0. The quantitative estimate of drug-likeness (QED) is 0.792. The van der Waals surface area contributed by atoms with E-state index in [4.69, 9.17) is 9.47 Å². The minimum absolute atomic E-state index is 0.00424. The molecule has 1 aromatic rings. The third-order valence-electron chi connectivity index (χ3n) is 3.26. The van der Waals surface area contributed by atoms with Crippen LogP contribution < -0.4 is 10.1 Å². The minimum Gasteiger partial charge on any atom is -0.478 e. The summed E-state index contributed by atoms with van der Waals surface area (Å²) in [7, 11) is 4.10. The van der Waals surface area contributed by atoms with E-state index in [0.29, 0.717) is 12.5 Å². The van der Waals surface area contributed by atoms with Crippen molar-refractivity contribution < 1.29 is 9.47 Å². The number of likely N-dealkylation sites (N-methyl/N-ethyl adjacent to an activating group) is 1. The minimum atomic E-state index is 0.00424. The molecule has 1 atom stereocenters. The molecular weight excluding hydrogens is 268 g/mol. The normalized spacial score (nSPS) is 18.2. The van der Waals surface area contributed by atoms with Crippen LogP contribution >= 0.6 is 0 Å². The van der Waals surface area contributed by atoms with Crippen LogP contribution in [0.3, 0.4) is 0 Å². The van der Waals surface area contributed by atoms with E-state index in [1.807, 2.05) is 6.07 Å². The number of aromatic nitrogens is 2. The molecule has 1 aliphatic heterocycles. The van der Waals surface area contributed by atoms with Crippen LogP contribution in [0.15, 0.2) is 6.07 Å². The molecule has 0 aliphatic carbocycles. The van der Waals surface area contributed by atoms with Gasteiger partial charge in [-0.05, 0) is 33.4 Å². The fourth-order valence-electron chi connectivity index (χ4n) is 2.15. The Morgan fingerprint density at radius 1 is 1.43 bits per heavy atom. The molecule has 0 aromatic carbocycles. The van der Waals surface area contributed by atoms with Crippen LogP contribution in [0.25, 0.3) is 0 Å². The summed E-state index contributed by atoms with van der Waals surface area (Å²) in [6.45, 7) is 5.32. The maximum atomic E-state index is 5.68. The maximum Gasteiger partial charge on any atom is 0.218 e. The number of nitrogens with one attached hydrogen (secondary N) is 1. The molecule has 21 heavy (non-hydrogen) atoms. The van der Waals surface area contributed by atoms with Crippen LogP contribution in [0.4, 0.5) is 5.82 Å². The first-order valence-electron chi connectivity index (χ1n) is 7.71. The smallest absolute Gasteiger partial charge is 0.218 e. The Balaban J connectivity index is 2.07. The van der Waals surface area contributed by atoms with Gasteiger partial charge in [-0.3, -0.25) is 0 Å². The molecule has 0 amide bonds. The van der Waals surface area contributed by atoms with Gasteiger partial charge in [0.2, 0.25) is 5.88 Å². The SMILES string of the molecule is CCCOc1cc(NCCN(C)C)nc(C2CCCO2)n1. The molecule has 1 N–H and O–H groups in total. The molecule has 118 valence electrons. The van der Waals surface area contributed by atoms with E-state index < -0.39 is 0 Å². The topological polar surface area (TPSA) is 59.5 Å². The molecule has 2 rings (SSSR count). The summed E-state index contributed by atoms with van der Waals surface area (Å²) in [6.07, 6.45) is 3.01. The Kier molecular flexibility index (Phi) is 6.20. The molecular formula is C15H26N4O2. The first-order chi connectivity index (χ1) is 10.2. The summed E-state index contributed by atoms with van der Waals surface area (Å²) < 4.78 is 11.3. The number of ether oxygens (including phenoxy) is 2. The maximum absolute atomic E-state index is 5.68. The molecule has 0 radical (unpaired) electrons. The molecule has 1 unspecified atom stereocenters. The monoisotopic (exact) mass is 294 g/mol. The van der Waals surface area contributed by atoms with Crippen LogP contribution in [0, 0.1) is 0 Å². The Morgan fingerprint density at radius 3 is 2.95 bits per heavy atom. The second-order valence-corrected chi connectivity index (χ2v) is 5.53. The van der Waals surface area contributed by atoms with Gasteiger partial charge in [0.25, 0.3) is 0 Å². The van der Waals surface area contributed by atoms with Crippen LogP contribution in [0.1, 0.15) is 38.1 Å². The van der Waals surface area contributed by atoms with Crippen molar-refractivity contribution in [3.8, 4) is 5.88 Å². The lowest BCUT2D eigenvalue weighted by atomic mass is 10.2. The number of rotatable bonds is 8. The Morgan fingerprint density at radius 2 is 2.29 bits per heavy atom. The lowest BCUT2D eigenvalue weighted by Crippen LogP contribution is -2.21. The molecule has 0 bridgehead atoms. The zero-order valence-corrected chi connectivity index (χ0v) is 13.3. The first-order valence-corrected chi connectivity index (χ1v) is 7.71. The zero-order valence-electron chi connectivity index (χ0n) is 13.3. The van der Waals surface area contributed by atoms with E-state index in [0.717, 1.165) is 50.6 Å². The van der Waals surface area contributed by atoms with E-state index in [1.165, 1.54) is 0 Å². The van der Waals surface area contributed by atoms with Gasteiger partial charge in [0.15, 0.2) is 5.82 Å². The average Bonchev–Trinajstić information content (AvgIpc) is 2.99. The van der Waals surface area contributed by atoms with Gasteiger partial charge in [-0.1, -0.05) is 6.92 Å².